The Bertz CT molecular complexity index is 557. The quantitative estimate of drug-likeness (QED) is 0.616. The van der Waals surface area contributed by atoms with Crippen LogP contribution in [0.3, 0.4) is 0 Å². The zero-order valence-corrected chi connectivity index (χ0v) is 15.6. The largest absolute Gasteiger partial charge is 0.376 e. The van der Waals surface area contributed by atoms with Crippen molar-refractivity contribution in [3.63, 3.8) is 0 Å². The Balaban J connectivity index is 3.00. The Labute approximate surface area is 137 Å². The summed E-state index contributed by atoms with van der Waals surface area (Å²) in [6, 6.07) is 9.49. The third-order valence-electron chi connectivity index (χ3n) is 4.53. The molecule has 0 fully saturated rings. The Morgan fingerprint density at radius 3 is 1.77 bits per heavy atom. The molecule has 0 saturated heterocycles. The first-order valence-electron chi connectivity index (χ1n) is 8.08. The summed E-state index contributed by atoms with van der Waals surface area (Å²) in [6.45, 7) is 13.7. The van der Waals surface area contributed by atoms with Crippen molar-refractivity contribution in [2.45, 2.75) is 64.3 Å². The molecule has 0 unspecified atom stereocenters. The fraction of sp³-hybridized carbons (Fsp3) is 0.500. The van der Waals surface area contributed by atoms with Gasteiger partial charge in [0.1, 0.15) is 14.2 Å². The van der Waals surface area contributed by atoms with E-state index in [-0.39, 0.29) is 0 Å². The third-order valence-corrected chi connectivity index (χ3v) is 10.8. The van der Waals surface area contributed by atoms with Gasteiger partial charge in [0.15, 0.2) is 0 Å². The predicted molar refractivity (Wildman–Crippen MR) is 98.0 cm³/mol. The average Bonchev–Trinajstić information content (AvgIpc) is 2.46. The Morgan fingerprint density at radius 2 is 1.32 bits per heavy atom. The first-order valence-corrected chi connectivity index (χ1v) is 10.3. The van der Waals surface area contributed by atoms with Crippen LogP contribution in [0.25, 0.3) is 0 Å². The Kier molecular flexibility index (Phi) is 6.94. The maximum absolute atomic E-state index is 10.0. The van der Waals surface area contributed by atoms with Gasteiger partial charge in [0.25, 0.3) is 0 Å². The normalized spacial score (nSPS) is 12.6. The molecule has 0 heterocycles. The second-order valence-electron chi connectivity index (χ2n) is 6.73. The lowest BCUT2D eigenvalue weighted by atomic mass is 10.1. The van der Waals surface area contributed by atoms with Crippen molar-refractivity contribution in [2.75, 3.05) is 0 Å². The highest BCUT2D eigenvalue weighted by Crippen LogP contribution is 2.40. The van der Waals surface area contributed by atoms with Gasteiger partial charge < -0.3 is 5.11 Å². The number of aliphatic hydroxyl groups excluding tert-OH is 1. The monoisotopic (exact) mass is 312 g/mol. The number of rotatable bonds is 4. The zero-order valence-electron chi connectivity index (χ0n) is 14.6. The predicted octanol–water partition coefficient (Wildman–Crippen LogP) is 4.94. The van der Waals surface area contributed by atoms with E-state index in [0.717, 1.165) is 5.56 Å². The fourth-order valence-corrected chi connectivity index (χ4v) is 8.54. The number of hydrogen-bond acceptors (Lipinski definition) is 1. The first-order chi connectivity index (χ1) is 10.3. The molecular formula is C20H28OSi. The standard InChI is InChI=1S/C20H28OSi/c1-16(2)22(17(3)4,18(5)6)15-11-10-14-20(21)19-12-8-7-9-13-19/h7-9,12-13,16-18,20-21H,1-6H3/t20-/m0/s1. The number of benzene rings is 1. The molecule has 0 spiro atoms. The van der Waals surface area contributed by atoms with E-state index in [4.69, 9.17) is 0 Å². The molecule has 0 aromatic heterocycles. The van der Waals surface area contributed by atoms with Gasteiger partial charge in [-0.25, -0.2) is 0 Å². The van der Waals surface area contributed by atoms with Gasteiger partial charge >= 0.3 is 0 Å². The summed E-state index contributed by atoms with van der Waals surface area (Å²) in [4.78, 5) is 0. The molecule has 0 aliphatic heterocycles. The fourth-order valence-electron chi connectivity index (χ4n) is 3.40. The Morgan fingerprint density at radius 1 is 0.818 bits per heavy atom. The van der Waals surface area contributed by atoms with Crippen LogP contribution in [0.5, 0.6) is 0 Å². The minimum Gasteiger partial charge on any atom is -0.376 e. The maximum Gasteiger partial charge on any atom is 0.147 e. The summed E-state index contributed by atoms with van der Waals surface area (Å²) in [5.74, 6) is 8.78. The molecular weight excluding hydrogens is 284 g/mol. The van der Waals surface area contributed by atoms with Crippen LogP contribution in [-0.4, -0.2) is 13.2 Å². The van der Waals surface area contributed by atoms with Crippen molar-refractivity contribution < 1.29 is 5.11 Å². The molecule has 1 aromatic rings. The molecule has 0 aliphatic carbocycles. The van der Waals surface area contributed by atoms with Crippen LogP contribution in [0.1, 0.15) is 53.2 Å². The molecule has 0 bridgehead atoms. The van der Waals surface area contributed by atoms with Crippen molar-refractivity contribution in [1.82, 2.24) is 0 Å². The van der Waals surface area contributed by atoms with Gasteiger partial charge in [-0.1, -0.05) is 77.8 Å². The molecule has 0 radical (unpaired) electrons. The highest BCUT2D eigenvalue weighted by molar-refractivity contribution is 6.90. The van der Waals surface area contributed by atoms with Crippen LogP contribution in [0.4, 0.5) is 0 Å². The van der Waals surface area contributed by atoms with Gasteiger partial charge in [0.05, 0.1) is 0 Å². The smallest absolute Gasteiger partial charge is 0.147 e. The topological polar surface area (TPSA) is 20.2 Å². The summed E-state index contributed by atoms with van der Waals surface area (Å²) in [6.07, 6.45) is -0.760. The van der Waals surface area contributed by atoms with Crippen LogP contribution in [-0.2, 0) is 0 Å². The Hall–Kier alpha value is -1.48. The molecule has 1 rings (SSSR count). The summed E-state index contributed by atoms with van der Waals surface area (Å²) in [5.41, 5.74) is 6.15. The van der Waals surface area contributed by atoms with E-state index in [1.54, 1.807) is 0 Å². The third kappa shape index (κ3) is 4.26. The maximum atomic E-state index is 10.0. The first kappa shape index (κ1) is 18.6. The summed E-state index contributed by atoms with van der Waals surface area (Å²) < 4.78 is 0. The van der Waals surface area contributed by atoms with Crippen LogP contribution in [0.2, 0.25) is 16.6 Å². The minimum absolute atomic E-state index is 0.598. The van der Waals surface area contributed by atoms with Crippen molar-refractivity contribution in [3.05, 3.63) is 35.9 Å². The van der Waals surface area contributed by atoms with E-state index >= 15 is 0 Å². The molecule has 2 heteroatoms. The lowest BCUT2D eigenvalue weighted by Crippen LogP contribution is -2.43. The number of aliphatic hydroxyl groups is 1. The molecule has 1 nitrogen and oxygen atoms in total. The van der Waals surface area contributed by atoms with Gasteiger partial charge in [-0.05, 0) is 34.0 Å². The van der Waals surface area contributed by atoms with Crippen LogP contribution in [0.15, 0.2) is 30.3 Å². The molecule has 22 heavy (non-hydrogen) atoms. The van der Waals surface area contributed by atoms with Gasteiger partial charge in [-0.15, -0.1) is 5.54 Å². The summed E-state index contributed by atoms with van der Waals surface area (Å²) in [7, 11) is -1.72. The second-order valence-corrected chi connectivity index (χ2v) is 12.3. The SMILES string of the molecule is CC(C)[Si](C#CC#C[C@H](O)c1ccccc1)(C(C)C)C(C)C. The van der Waals surface area contributed by atoms with Gasteiger partial charge in [-0.3, -0.25) is 0 Å². The van der Waals surface area contributed by atoms with E-state index in [2.05, 4.69) is 64.8 Å². The van der Waals surface area contributed by atoms with Gasteiger partial charge in [0, 0.05) is 0 Å². The molecule has 1 aromatic carbocycles. The lowest BCUT2D eigenvalue weighted by molar-refractivity contribution is 0.238. The highest BCUT2D eigenvalue weighted by atomic mass is 28.3. The van der Waals surface area contributed by atoms with Gasteiger partial charge in [-0.2, -0.15) is 0 Å². The molecule has 118 valence electrons. The van der Waals surface area contributed by atoms with Crippen LogP contribution in [0, 0.1) is 23.3 Å². The van der Waals surface area contributed by atoms with E-state index in [1.165, 1.54) is 0 Å². The van der Waals surface area contributed by atoms with Crippen molar-refractivity contribution in [3.8, 4) is 23.3 Å². The molecule has 0 aliphatic rings. The average molecular weight is 313 g/mol. The summed E-state index contributed by atoms with van der Waals surface area (Å²) in [5, 5.41) is 10.0. The zero-order chi connectivity index (χ0) is 16.8. The van der Waals surface area contributed by atoms with Crippen LogP contribution >= 0.6 is 0 Å². The van der Waals surface area contributed by atoms with Gasteiger partial charge in [0.2, 0.25) is 0 Å². The minimum atomic E-state index is -1.72. The van der Waals surface area contributed by atoms with Crippen molar-refractivity contribution in [2.24, 2.45) is 0 Å². The highest BCUT2D eigenvalue weighted by Gasteiger charge is 2.41. The van der Waals surface area contributed by atoms with E-state index in [9.17, 15) is 5.11 Å². The molecule has 1 atom stereocenters. The van der Waals surface area contributed by atoms with E-state index in [1.807, 2.05) is 30.3 Å². The van der Waals surface area contributed by atoms with E-state index < -0.39 is 14.2 Å². The van der Waals surface area contributed by atoms with Crippen molar-refractivity contribution >= 4 is 8.07 Å². The lowest BCUT2D eigenvalue weighted by Gasteiger charge is -2.37. The van der Waals surface area contributed by atoms with E-state index in [0.29, 0.717) is 16.6 Å². The van der Waals surface area contributed by atoms with Crippen molar-refractivity contribution in [1.29, 1.82) is 0 Å². The summed E-state index contributed by atoms with van der Waals surface area (Å²) >= 11 is 0. The molecule has 0 saturated carbocycles. The second kappa shape index (κ2) is 8.23. The number of hydrogen-bond donors (Lipinski definition) is 1. The molecule has 0 amide bonds. The van der Waals surface area contributed by atoms with Crippen LogP contribution < -0.4 is 0 Å². The molecule has 1 N–H and O–H groups in total.